The third kappa shape index (κ3) is 2.90. The zero-order valence-corrected chi connectivity index (χ0v) is 13.6. The Morgan fingerprint density at radius 3 is 3.14 bits per heavy atom. The van der Waals surface area contributed by atoms with Crippen molar-refractivity contribution in [3.63, 3.8) is 0 Å². The Morgan fingerprint density at radius 1 is 1.32 bits per heavy atom. The van der Waals surface area contributed by atoms with E-state index in [0.29, 0.717) is 5.41 Å². The topological polar surface area (TPSA) is 29.3 Å². The van der Waals surface area contributed by atoms with Gasteiger partial charge in [-0.15, -0.1) is 11.3 Å². The van der Waals surface area contributed by atoms with E-state index in [-0.39, 0.29) is 0 Å². The number of hydrogen-bond acceptors (Lipinski definition) is 4. The molecule has 116 valence electrons. The van der Waals surface area contributed by atoms with Gasteiger partial charge in [-0.2, -0.15) is 0 Å². The minimum Gasteiger partial charge on any atom is -0.355 e. The van der Waals surface area contributed by atoms with E-state index < -0.39 is 0 Å². The van der Waals surface area contributed by atoms with Crippen molar-refractivity contribution in [2.75, 3.05) is 13.1 Å². The minimum absolute atomic E-state index is 0.521. The predicted molar refractivity (Wildman–Crippen MR) is 89.8 cm³/mol. The molecular formula is C18H22N2OS. The molecule has 0 N–H and O–H groups in total. The quantitative estimate of drug-likeness (QED) is 0.767. The van der Waals surface area contributed by atoms with Gasteiger partial charge in [0.2, 0.25) is 0 Å². The van der Waals surface area contributed by atoms with Crippen LogP contribution in [0.4, 0.5) is 0 Å². The number of thiophene rings is 1. The van der Waals surface area contributed by atoms with E-state index in [1.54, 1.807) is 11.3 Å². The van der Waals surface area contributed by atoms with Gasteiger partial charge in [-0.3, -0.25) is 4.90 Å². The molecule has 4 heteroatoms. The highest BCUT2D eigenvalue weighted by Gasteiger charge is 2.35. The Hall–Kier alpha value is -1.39. The number of piperidine rings is 1. The number of rotatable bonds is 3. The van der Waals surface area contributed by atoms with Gasteiger partial charge < -0.3 is 4.52 Å². The molecule has 2 aliphatic rings. The van der Waals surface area contributed by atoms with Crippen LogP contribution in [0.25, 0.3) is 10.6 Å². The molecule has 3 nitrogen and oxygen atoms in total. The second kappa shape index (κ2) is 6.01. The zero-order chi connectivity index (χ0) is 14.8. The van der Waals surface area contributed by atoms with Gasteiger partial charge in [0, 0.05) is 19.2 Å². The molecule has 2 aromatic rings. The number of allylic oxidation sites excluding steroid dienone is 2. The minimum atomic E-state index is 0.521. The normalized spacial score (nSPS) is 25.8. The summed E-state index contributed by atoms with van der Waals surface area (Å²) < 4.78 is 5.51. The zero-order valence-electron chi connectivity index (χ0n) is 12.8. The molecule has 3 heterocycles. The predicted octanol–water partition coefficient (Wildman–Crippen LogP) is 4.73. The fraction of sp³-hybridized carbons (Fsp3) is 0.500. The number of hydrogen-bond donors (Lipinski definition) is 0. The molecule has 0 saturated carbocycles. The fourth-order valence-corrected chi connectivity index (χ4v) is 4.58. The largest absolute Gasteiger partial charge is 0.355 e. The molecule has 22 heavy (non-hydrogen) atoms. The summed E-state index contributed by atoms with van der Waals surface area (Å²) in [6.45, 7) is 3.31. The van der Waals surface area contributed by atoms with Crippen molar-refractivity contribution in [2.24, 2.45) is 5.41 Å². The maximum absolute atomic E-state index is 5.51. The summed E-state index contributed by atoms with van der Waals surface area (Å²) in [5.74, 6) is 0.900. The summed E-state index contributed by atoms with van der Waals surface area (Å²) in [7, 11) is 0. The highest BCUT2D eigenvalue weighted by molar-refractivity contribution is 7.13. The second-order valence-electron chi connectivity index (χ2n) is 6.69. The average molecular weight is 314 g/mol. The van der Waals surface area contributed by atoms with E-state index >= 15 is 0 Å². The van der Waals surface area contributed by atoms with E-state index in [4.69, 9.17) is 4.52 Å². The van der Waals surface area contributed by atoms with Gasteiger partial charge in [0.1, 0.15) is 0 Å². The summed E-state index contributed by atoms with van der Waals surface area (Å²) in [5.41, 5.74) is 1.58. The molecule has 0 bridgehead atoms. The highest BCUT2D eigenvalue weighted by Crippen LogP contribution is 2.41. The van der Waals surface area contributed by atoms with Gasteiger partial charge in [-0.05, 0) is 55.5 Å². The fourth-order valence-electron chi connectivity index (χ4n) is 3.91. The van der Waals surface area contributed by atoms with Crippen molar-refractivity contribution in [1.82, 2.24) is 10.1 Å². The van der Waals surface area contributed by atoms with Crippen molar-refractivity contribution in [3.8, 4) is 10.6 Å². The Balaban J connectivity index is 1.44. The van der Waals surface area contributed by atoms with Crippen LogP contribution in [0.2, 0.25) is 0 Å². The molecule has 0 aromatic carbocycles. The molecule has 1 fully saturated rings. The monoisotopic (exact) mass is 314 g/mol. The van der Waals surface area contributed by atoms with Gasteiger partial charge in [0.05, 0.1) is 10.6 Å². The van der Waals surface area contributed by atoms with Crippen molar-refractivity contribution < 1.29 is 4.52 Å². The standard InChI is InChI=1S/C18H22N2OS/c1-2-7-18(8-3-1)9-5-10-20(14-18)13-15-12-16(21-19-15)17-6-4-11-22-17/h1-2,4,6,11-12H,3,5,7-10,13-14H2/t18-/m0/s1. The van der Waals surface area contributed by atoms with Crippen LogP contribution in [0.15, 0.2) is 40.3 Å². The molecule has 1 aliphatic carbocycles. The lowest BCUT2D eigenvalue weighted by Crippen LogP contribution is -2.43. The number of nitrogens with zero attached hydrogens (tertiary/aromatic N) is 2. The van der Waals surface area contributed by atoms with Gasteiger partial charge >= 0.3 is 0 Å². The first-order valence-electron chi connectivity index (χ1n) is 8.20. The van der Waals surface area contributed by atoms with E-state index in [1.807, 2.05) is 6.07 Å². The molecule has 0 radical (unpaired) electrons. The van der Waals surface area contributed by atoms with Crippen LogP contribution in [0.3, 0.4) is 0 Å². The maximum atomic E-state index is 5.51. The van der Waals surface area contributed by atoms with Crippen molar-refractivity contribution in [3.05, 3.63) is 41.4 Å². The molecule has 0 unspecified atom stereocenters. The third-order valence-electron chi connectivity index (χ3n) is 5.01. The Labute approximate surface area is 135 Å². The van der Waals surface area contributed by atoms with Gasteiger partial charge in [0.25, 0.3) is 0 Å². The molecule has 1 saturated heterocycles. The van der Waals surface area contributed by atoms with Crippen molar-refractivity contribution in [1.29, 1.82) is 0 Å². The van der Waals surface area contributed by atoms with Crippen LogP contribution in [-0.4, -0.2) is 23.1 Å². The summed E-state index contributed by atoms with van der Waals surface area (Å²) in [5, 5.41) is 6.35. The number of likely N-dealkylation sites (tertiary alicyclic amines) is 1. The average Bonchev–Trinajstić information content (AvgIpc) is 3.19. The SMILES string of the molecule is C1=CC[C@]2(CC1)CCCN(Cc1cc(-c3cccs3)on1)C2. The summed E-state index contributed by atoms with van der Waals surface area (Å²) in [6.07, 6.45) is 11.3. The lowest BCUT2D eigenvalue weighted by atomic mass is 9.71. The Bertz CT molecular complexity index is 646. The van der Waals surface area contributed by atoms with Crippen LogP contribution in [0.1, 0.15) is 37.8 Å². The van der Waals surface area contributed by atoms with Crippen LogP contribution in [-0.2, 0) is 6.54 Å². The molecule has 1 spiro atoms. The van der Waals surface area contributed by atoms with E-state index in [9.17, 15) is 0 Å². The first-order valence-corrected chi connectivity index (χ1v) is 9.08. The molecule has 1 aliphatic heterocycles. The molecule has 1 atom stereocenters. The first-order chi connectivity index (χ1) is 10.8. The van der Waals surface area contributed by atoms with E-state index in [2.05, 4.69) is 39.7 Å². The molecular weight excluding hydrogens is 292 g/mol. The first kappa shape index (κ1) is 14.2. The summed E-state index contributed by atoms with van der Waals surface area (Å²) in [4.78, 5) is 3.73. The summed E-state index contributed by atoms with van der Waals surface area (Å²) in [6, 6.07) is 6.24. The Kier molecular flexibility index (Phi) is 3.89. The third-order valence-corrected chi connectivity index (χ3v) is 5.89. The van der Waals surface area contributed by atoms with Gasteiger partial charge in [-0.1, -0.05) is 23.4 Å². The van der Waals surface area contributed by atoms with E-state index in [1.165, 1.54) is 45.2 Å². The maximum Gasteiger partial charge on any atom is 0.177 e. The smallest absolute Gasteiger partial charge is 0.177 e. The van der Waals surface area contributed by atoms with Crippen LogP contribution in [0, 0.1) is 5.41 Å². The number of aromatic nitrogens is 1. The van der Waals surface area contributed by atoms with Crippen molar-refractivity contribution >= 4 is 11.3 Å². The summed E-state index contributed by atoms with van der Waals surface area (Å²) >= 11 is 1.70. The Morgan fingerprint density at radius 2 is 2.32 bits per heavy atom. The van der Waals surface area contributed by atoms with Gasteiger partial charge in [0.15, 0.2) is 5.76 Å². The lowest BCUT2D eigenvalue weighted by Gasteiger charge is -2.43. The molecule has 2 aromatic heterocycles. The van der Waals surface area contributed by atoms with Crippen LogP contribution in [0.5, 0.6) is 0 Å². The van der Waals surface area contributed by atoms with E-state index in [0.717, 1.165) is 22.9 Å². The molecule has 4 rings (SSSR count). The second-order valence-corrected chi connectivity index (χ2v) is 7.64. The van der Waals surface area contributed by atoms with Crippen molar-refractivity contribution in [2.45, 2.75) is 38.6 Å². The highest BCUT2D eigenvalue weighted by atomic mass is 32.1. The van der Waals surface area contributed by atoms with Crippen LogP contribution >= 0.6 is 11.3 Å². The van der Waals surface area contributed by atoms with Gasteiger partial charge in [-0.25, -0.2) is 0 Å². The molecule has 0 amide bonds. The van der Waals surface area contributed by atoms with Crippen LogP contribution < -0.4 is 0 Å². The lowest BCUT2D eigenvalue weighted by molar-refractivity contribution is 0.0725.